The summed E-state index contributed by atoms with van der Waals surface area (Å²) in [5.74, 6) is 3.32. The normalized spacial score (nSPS) is 11.6. The van der Waals surface area contributed by atoms with E-state index in [1.165, 1.54) is 18.3 Å². The second-order valence-corrected chi connectivity index (χ2v) is 8.54. The zero-order valence-electron chi connectivity index (χ0n) is 19.5. The van der Waals surface area contributed by atoms with Crippen molar-refractivity contribution in [3.63, 3.8) is 0 Å². The van der Waals surface area contributed by atoms with E-state index in [1.807, 2.05) is 20.8 Å². The van der Waals surface area contributed by atoms with Crippen LogP contribution >= 0.6 is 0 Å². The molecule has 6 N–H and O–H groups in total. The van der Waals surface area contributed by atoms with Gasteiger partial charge in [0.25, 0.3) is 0 Å². The van der Waals surface area contributed by atoms with Gasteiger partial charge in [-0.05, 0) is 56.7 Å². The van der Waals surface area contributed by atoms with E-state index in [1.54, 1.807) is 30.3 Å². The maximum absolute atomic E-state index is 14.4. The van der Waals surface area contributed by atoms with E-state index in [-0.39, 0.29) is 34.5 Å². The Morgan fingerprint density at radius 1 is 1.11 bits per heavy atom. The van der Waals surface area contributed by atoms with Crippen LogP contribution in [0.15, 0.2) is 64.9 Å². The number of hydrazone groups is 2. The van der Waals surface area contributed by atoms with E-state index in [2.05, 4.69) is 32.5 Å². The predicted molar refractivity (Wildman–Crippen MR) is 135 cm³/mol. The van der Waals surface area contributed by atoms with Gasteiger partial charge in [0.1, 0.15) is 11.5 Å². The largest absolute Gasteiger partial charge is 0.383 e. The standard InChI is InChI=1S/C24H26F2N8O/c1-24(2,3)32-23(35)31-16-10-8-14(9-11-16)15-12-17(21(27)30-13-15)22(33-28)34(29-4)19-7-5-6-18(25)20(19)26/h5-13H,4,28H2,1-3H3,(H2,27,30)(H2,31,32,35)/b33-22-. The van der Waals surface area contributed by atoms with Crippen molar-refractivity contribution in [2.45, 2.75) is 26.3 Å². The highest BCUT2D eigenvalue weighted by molar-refractivity contribution is 6.12. The van der Waals surface area contributed by atoms with E-state index < -0.39 is 11.6 Å². The Kier molecular flexibility index (Phi) is 7.28. The minimum atomic E-state index is -1.15. The lowest BCUT2D eigenvalue weighted by Gasteiger charge is -2.21. The third-order valence-corrected chi connectivity index (χ3v) is 4.75. The average Bonchev–Trinajstić information content (AvgIpc) is 2.79. The van der Waals surface area contributed by atoms with Gasteiger partial charge in [-0.15, -0.1) is 0 Å². The van der Waals surface area contributed by atoms with Crippen LogP contribution in [0.1, 0.15) is 26.3 Å². The maximum atomic E-state index is 14.4. The summed E-state index contributed by atoms with van der Waals surface area (Å²) in [6.07, 6.45) is 1.54. The molecule has 0 bridgehead atoms. The second kappa shape index (κ2) is 10.2. The first-order valence-corrected chi connectivity index (χ1v) is 10.5. The molecule has 0 saturated heterocycles. The number of halogens is 2. The Morgan fingerprint density at radius 3 is 2.40 bits per heavy atom. The van der Waals surface area contributed by atoms with Crippen molar-refractivity contribution in [3.05, 3.63) is 71.9 Å². The number of carbonyl (C=O) groups excluding carboxylic acids is 1. The average molecular weight is 481 g/mol. The first kappa shape index (κ1) is 25.1. The van der Waals surface area contributed by atoms with Crippen molar-refractivity contribution < 1.29 is 13.6 Å². The third kappa shape index (κ3) is 5.88. The van der Waals surface area contributed by atoms with Crippen LogP contribution in [0.3, 0.4) is 0 Å². The summed E-state index contributed by atoms with van der Waals surface area (Å²) in [7, 11) is 0. The van der Waals surface area contributed by atoms with E-state index in [4.69, 9.17) is 11.6 Å². The highest BCUT2D eigenvalue weighted by atomic mass is 19.2. The SMILES string of the molecule is C=NN(/C(=N\N)c1cc(-c2ccc(NC(=O)NC(C)(C)C)cc2)cnc1N)c1cccc(F)c1F. The molecule has 2 amide bonds. The van der Waals surface area contributed by atoms with Gasteiger partial charge in [0, 0.05) is 29.7 Å². The lowest BCUT2D eigenvalue weighted by Crippen LogP contribution is -2.43. The number of aromatic nitrogens is 1. The Labute approximate surface area is 201 Å². The van der Waals surface area contributed by atoms with E-state index >= 15 is 0 Å². The summed E-state index contributed by atoms with van der Waals surface area (Å²) in [6.45, 7) is 9.06. The minimum Gasteiger partial charge on any atom is -0.383 e. The number of urea groups is 1. The molecule has 0 aliphatic heterocycles. The fourth-order valence-corrected chi connectivity index (χ4v) is 3.21. The number of nitrogen functional groups attached to an aromatic ring is 1. The maximum Gasteiger partial charge on any atom is 0.319 e. The lowest BCUT2D eigenvalue weighted by atomic mass is 10.0. The predicted octanol–water partition coefficient (Wildman–Crippen LogP) is 4.27. The molecule has 0 fully saturated rings. The molecule has 0 unspecified atom stereocenters. The molecule has 35 heavy (non-hydrogen) atoms. The fraction of sp³-hybridized carbons (Fsp3) is 0.167. The van der Waals surface area contributed by atoms with Gasteiger partial charge in [0.05, 0.1) is 5.56 Å². The van der Waals surface area contributed by atoms with Gasteiger partial charge in [0.15, 0.2) is 17.5 Å². The molecule has 182 valence electrons. The Balaban J connectivity index is 1.92. The number of rotatable bonds is 5. The van der Waals surface area contributed by atoms with Gasteiger partial charge < -0.3 is 22.2 Å². The zero-order chi connectivity index (χ0) is 25.8. The molecule has 11 heteroatoms. The molecule has 1 heterocycles. The van der Waals surface area contributed by atoms with Gasteiger partial charge in [-0.3, -0.25) is 0 Å². The van der Waals surface area contributed by atoms with Gasteiger partial charge in [-0.2, -0.15) is 10.2 Å². The van der Waals surface area contributed by atoms with Gasteiger partial charge in [-0.25, -0.2) is 23.6 Å². The number of anilines is 3. The molecule has 9 nitrogen and oxygen atoms in total. The van der Waals surface area contributed by atoms with Gasteiger partial charge in [-0.1, -0.05) is 18.2 Å². The first-order valence-electron chi connectivity index (χ1n) is 10.5. The van der Waals surface area contributed by atoms with Crippen molar-refractivity contribution in [1.29, 1.82) is 0 Å². The molecule has 0 atom stereocenters. The first-order chi connectivity index (χ1) is 16.5. The number of nitrogens with zero attached hydrogens (tertiary/aromatic N) is 4. The summed E-state index contributed by atoms with van der Waals surface area (Å²) >= 11 is 0. The molecule has 0 aliphatic carbocycles. The quantitative estimate of drug-likeness (QED) is 0.187. The van der Waals surface area contributed by atoms with E-state index in [0.717, 1.165) is 16.6 Å². The van der Waals surface area contributed by atoms with Crippen LogP contribution in [-0.2, 0) is 0 Å². The molecule has 1 aromatic heterocycles. The van der Waals surface area contributed by atoms with Crippen molar-refractivity contribution in [3.8, 4) is 11.1 Å². The number of amidine groups is 1. The van der Waals surface area contributed by atoms with Crippen LogP contribution in [-0.4, -0.2) is 29.1 Å². The monoisotopic (exact) mass is 480 g/mol. The number of hydrogen-bond donors (Lipinski definition) is 4. The molecule has 0 aliphatic rings. The van der Waals surface area contributed by atoms with E-state index in [9.17, 15) is 13.6 Å². The summed E-state index contributed by atoms with van der Waals surface area (Å²) in [4.78, 5) is 16.3. The van der Waals surface area contributed by atoms with Crippen LogP contribution in [0.4, 0.5) is 30.8 Å². The molecular weight excluding hydrogens is 454 g/mol. The minimum absolute atomic E-state index is 0.0422. The highest BCUT2D eigenvalue weighted by Crippen LogP contribution is 2.28. The van der Waals surface area contributed by atoms with E-state index in [0.29, 0.717) is 11.3 Å². The number of carbonyl (C=O) groups is 1. The molecule has 2 aromatic carbocycles. The molecule has 0 spiro atoms. The number of hydrogen-bond acceptors (Lipinski definition) is 6. The zero-order valence-corrected chi connectivity index (χ0v) is 19.5. The fourth-order valence-electron chi connectivity index (χ4n) is 3.21. The van der Waals surface area contributed by atoms with Gasteiger partial charge in [0.2, 0.25) is 0 Å². The van der Waals surface area contributed by atoms with Crippen LogP contribution in [0.2, 0.25) is 0 Å². The van der Waals surface area contributed by atoms with Crippen LogP contribution in [0.25, 0.3) is 11.1 Å². The number of benzene rings is 2. The Hall–Kier alpha value is -4.54. The van der Waals surface area contributed by atoms with Crippen LogP contribution in [0, 0.1) is 11.6 Å². The smallest absolute Gasteiger partial charge is 0.319 e. The lowest BCUT2D eigenvalue weighted by molar-refractivity contribution is 0.244. The Bertz CT molecular complexity index is 1270. The van der Waals surface area contributed by atoms with Crippen LogP contribution in [0.5, 0.6) is 0 Å². The number of nitrogens with two attached hydrogens (primary N) is 2. The molecule has 0 radical (unpaired) electrons. The number of pyridine rings is 1. The van der Waals surface area contributed by atoms with Crippen molar-refractivity contribution in [2.75, 3.05) is 16.1 Å². The molecule has 3 aromatic rings. The molecule has 0 saturated carbocycles. The number of nitrogens with one attached hydrogen (secondary N) is 2. The Morgan fingerprint density at radius 2 is 1.80 bits per heavy atom. The van der Waals surface area contributed by atoms with Crippen molar-refractivity contribution >= 4 is 35.8 Å². The van der Waals surface area contributed by atoms with Crippen LogP contribution < -0.4 is 27.2 Å². The summed E-state index contributed by atoms with van der Waals surface area (Å²) in [5.41, 5.74) is 7.62. The topological polar surface area (TPSA) is 134 Å². The summed E-state index contributed by atoms with van der Waals surface area (Å²) in [5, 5.41) is 14.0. The second-order valence-electron chi connectivity index (χ2n) is 8.54. The number of amides is 2. The molecular formula is C24H26F2N8O. The highest BCUT2D eigenvalue weighted by Gasteiger charge is 2.23. The van der Waals surface area contributed by atoms with Crippen molar-refractivity contribution in [2.24, 2.45) is 16.0 Å². The molecule has 3 rings (SSSR count). The van der Waals surface area contributed by atoms with Crippen molar-refractivity contribution in [1.82, 2.24) is 10.3 Å². The third-order valence-electron chi connectivity index (χ3n) is 4.75. The summed E-state index contributed by atoms with van der Waals surface area (Å²) < 4.78 is 28.2. The summed E-state index contributed by atoms with van der Waals surface area (Å²) in [6, 6.07) is 11.9. The van der Waals surface area contributed by atoms with Gasteiger partial charge >= 0.3 is 6.03 Å².